The maximum absolute atomic E-state index is 10.8. The lowest BCUT2D eigenvalue weighted by Gasteiger charge is -2.29. The van der Waals surface area contributed by atoms with Crippen molar-refractivity contribution in [1.82, 2.24) is 5.32 Å². The summed E-state index contributed by atoms with van der Waals surface area (Å²) in [6.07, 6.45) is 0. The SMILES string of the molecule is O=C(O)c1ccc(CNC(CO)(CO)CO)c(Br)c1. The Kier molecular flexibility index (Phi) is 5.89. The molecule has 0 unspecified atom stereocenters. The number of aliphatic hydroxyl groups is 3. The summed E-state index contributed by atoms with van der Waals surface area (Å²) in [6, 6.07) is 4.55. The Bertz CT molecular complexity index is 439. The van der Waals surface area contributed by atoms with Gasteiger partial charge < -0.3 is 25.7 Å². The van der Waals surface area contributed by atoms with Crippen LogP contribution in [-0.2, 0) is 6.54 Å². The number of rotatable bonds is 7. The second-order valence-corrected chi connectivity index (χ2v) is 5.07. The molecule has 1 aromatic carbocycles. The highest BCUT2D eigenvalue weighted by molar-refractivity contribution is 9.10. The summed E-state index contributed by atoms with van der Waals surface area (Å²) < 4.78 is 0.600. The third-order valence-corrected chi connectivity index (χ3v) is 3.60. The molecule has 0 aliphatic heterocycles. The zero-order valence-electron chi connectivity index (χ0n) is 10.1. The van der Waals surface area contributed by atoms with E-state index in [4.69, 9.17) is 20.4 Å². The van der Waals surface area contributed by atoms with Gasteiger partial charge in [-0.15, -0.1) is 0 Å². The van der Waals surface area contributed by atoms with Crippen molar-refractivity contribution < 1.29 is 25.2 Å². The first-order valence-electron chi connectivity index (χ1n) is 5.57. The molecule has 0 saturated carbocycles. The molecule has 5 N–H and O–H groups in total. The van der Waals surface area contributed by atoms with Crippen molar-refractivity contribution >= 4 is 21.9 Å². The van der Waals surface area contributed by atoms with E-state index < -0.39 is 31.3 Å². The average Bonchev–Trinajstić information content (AvgIpc) is 2.42. The third-order valence-electron chi connectivity index (χ3n) is 2.86. The second-order valence-electron chi connectivity index (χ2n) is 4.22. The maximum Gasteiger partial charge on any atom is 0.335 e. The van der Waals surface area contributed by atoms with Crippen LogP contribution in [0.1, 0.15) is 15.9 Å². The second kappa shape index (κ2) is 6.97. The lowest BCUT2D eigenvalue weighted by molar-refractivity contribution is 0.0413. The van der Waals surface area contributed by atoms with Gasteiger partial charge in [0.25, 0.3) is 0 Å². The van der Waals surface area contributed by atoms with Gasteiger partial charge in [-0.05, 0) is 17.7 Å². The zero-order chi connectivity index (χ0) is 14.5. The van der Waals surface area contributed by atoms with E-state index in [2.05, 4.69) is 21.2 Å². The number of hydrogen-bond acceptors (Lipinski definition) is 5. The van der Waals surface area contributed by atoms with E-state index in [9.17, 15) is 4.79 Å². The van der Waals surface area contributed by atoms with Crippen LogP contribution in [0, 0.1) is 0 Å². The third kappa shape index (κ3) is 3.99. The smallest absolute Gasteiger partial charge is 0.335 e. The summed E-state index contributed by atoms with van der Waals surface area (Å²) >= 11 is 3.26. The Labute approximate surface area is 118 Å². The van der Waals surface area contributed by atoms with Gasteiger partial charge in [0.15, 0.2) is 0 Å². The molecule has 1 rings (SSSR count). The van der Waals surface area contributed by atoms with Gasteiger partial charge in [0, 0.05) is 11.0 Å². The minimum absolute atomic E-state index is 0.161. The lowest BCUT2D eigenvalue weighted by Crippen LogP contribution is -2.54. The Morgan fingerprint density at radius 2 is 1.79 bits per heavy atom. The monoisotopic (exact) mass is 333 g/mol. The fourth-order valence-electron chi connectivity index (χ4n) is 1.42. The number of nitrogens with one attached hydrogen (secondary N) is 1. The van der Waals surface area contributed by atoms with Gasteiger partial charge in [0.2, 0.25) is 0 Å². The van der Waals surface area contributed by atoms with E-state index in [-0.39, 0.29) is 12.1 Å². The van der Waals surface area contributed by atoms with Gasteiger partial charge in [0.05, 0.1) is 30.9 Å². The number of hydrogen-bond donors (Lipinski definition) is 5. The first-order valence-corrected chi connectivity index (χ1v) is 6.36. The molecule has 0 saturated heterocycles. The molecule has 0 atom stereocenters. The Morgan fingerprint density at radius 3 is 2.21 bits per heavy atom. The van der Waals surface area contributed by atoms with E-state index in [1.54, 1.807) is 6.07 Å². The van der Waals surface area contributed by atoms with Crippen LogP contribution in [0.15, 0.2) is 22.7 Å². The fraction of sp³-hybridized carbons (Fsp3) is 0.417. The number of aromatic carboxylic acids is 1. The largest absolute Gasteiger partial charge is 0.478 e. The van der Waals surface area contributed by atoms with Crippen LogP contribution in [-0.4, -0.2) is 51.8 Å². The molecule has 0 bridgehead atoms. The predicted octanol–water partition coefficient (Wildman–Crippen LogP) is -0.0474. The van der Waals surface area contributed by atoms with Crippen molar-refractivity contribution in [3.05, 3.63) is 33.8 Å². The van der Waals surface area contributed by atoms with E-state index in [0.29, 0.717) is 4.47 Å². The molecule has 0 aliphatic carbocycles. The maximum atomic E-state index is 10.8. The number of benzene rings is 1. The van der Waals surface area contributed by atoms with Crippen LogP contribution in [0.5, 0.6) is 0 Å². The molecule has 0 fully saturated rings. The fourth-order valence-corrected chi connectivity index (χ4v) is 1.94. The van der Waals surface area contributed by atoms with Gasteiger partial charge in [-0.2, -0.15) is 0 Å². The molecule has 1 aromatic rings. The van der Waals surface area contributed by atoms with Crippen LogP contribution in [0.3, 0.4) is 0 Å². The van der Waals surface area contributed by atoms with Crippen LogP contribution >= 0.6 is 15.9 Å². The number of carbonyl (C=O) groups is 1. The molecule has 0 aliphatic rings. The molecule has 19 heavy (non-hydrogen) atoms. The molecule has 0 heterocycles. The van der Waals surface area contributed by atoms with Gasteiger partial charge >= 0.3 is 5.97 Å². The minimum atomic E-state index is -1.16. The molecule has 7 heteroatoms. The molecular formula is C12H16BrNO5. The average molecular weight is 334 g/mol. The zero-order valence-corrected chi connectivity index (χ0v) is 11.7. The normalized spacial score (nSPS) is 11.6. The van der Waals surface area contributed by atoms with Crippen molar-refractivity contribution in [2.45, 2.75) is 12.1 Å². The van der Waals surface area contributed by atoms with Crippen LogP contribution in [0.4, 0.5) is 0 Å². The highest BCUT2D eigenvalue weighted by atomic mass is 79.9. The summed E-state index contributed by atoms with van der Waals surface area (Å²) in [5.41, 5.74) is -0.247. The van der Waals surface area contributed by atoms with Crippen molar-refractivity contribution in [2.75, 3.05) is 19.8 Å². The predicted molar refractivity (Wildman–Crippen MR) is 71.9 cm³/mol. The first-order chi connectivity index (χ1) is 8.98. The summed E-state index contributed by atoms with van der Waals surface area (Å²) in [5, 5.41) is 39.2. The van der Waals surface area contributed by atoms with E-state index in [1.165, 1.54) is 12.1 Å². The van der Waals surface area contributed by atoms with Gasteiger partial charge in [-0.1, -0.05) is 22.0 Å². The molecular weight excluding hydrogens is 318 g/mol. The number of carboxylic acid groups (broad SMARTS) is 1. The van der Waals surface area contributed by atoms with Gasteiger partial charge in [-0.25, -0.2) is 4.79 Å². The number of aliphatic hydroxyl groups excluding tert-OH is 3. The van der Waals surface area contributed by atoms with Crippen LogP contribution in [0.25, 0.3) is 0 Å². The molecule has 0 amide bonds. The van der Waals surface area contributed by atoms with Crippen molar-refractivity contribution in [3.8, 4) is 0 Å². The van der Waals surface area contributed by atoms with Crippen molar-refractivity contribution in [3.63, 3.8) is 0 Å². The van der Waals surface area contributed by atoms with E-state index >= 15 is 0 Å². The first kappa shape index (κ1) is 16.1. The van der Waals surface area contributed by atoms with Crippen LogP contribution < -0.4 is 5.32 Å². The van der Waals surface area contributed by atoms with Gasteiger partial charge in [-0.3, -0.25) is 0 Å². The highest BCUT2D eigenvalue weighted by Crippen LogP contribution is 2.19. The standard InChI is InChI=1S/C12H16BrNO5/c13-10-3-8(11(18)19)1-2-9(10)4-14-12(5-15,6-16)7-17/h1-3,14-17H,4-7H2,(H,18,19). The number of halogens is 1. The highest BCUT2D eigenvalue weighted by Gasteiger charge is 2.27. The molecule has 0 spiro atoms. The van der Waals surface area contributed by atoms with Crippen LogP contribution in [0.2, 0.25) is 0 Å². The Balaban J connectivity index is 2.80. The number of carboxylic acids is 1. The lowest BCUT2D eigenvalue weighted by atomic mass is 10.0. The van der Waals surface area contributed by atoms with Gasteiger partial charge in [0.1, 0.15) is 0 Å². The van der Waals surface area contributed by atoms with Crippen molar-refractivity contribution in [2.24, 2.45) is 0 Å². The summed E-state index contributed by atoms with van der Waals surface area (Å²) in [7, 11) is 0. The molecule has 6 nitrogen and oxygen atoms in total. The Morgan fingerprint density at radius 1 is 1.21 bits per heavy atom. The quantitative estimate of drug-likeness (QED) is 0.478. The van der Waals surface area contributed by atoms with Crippen molar-refractivity contribution in [1.29, 1.82) is 0 Å². The van der Waals surface area contributed by atoms with E-state index in [1.807, 2.05) is 0 Å². The molecule has 106 valence electrons. The summed E-state index contributed by atoms with van der Waals surface area (Å²) in [5.74, 6) is -1.02. The topological polar surface area (TPSA) is 110 Å². The molecule has 0 radical (unpaired) electrons. The summed E-state index contributed by atoms with van der Waals surface area (Å²) in [6.45, 7) is -0.970. The minimum Gasteiger partial charge on any atom is -0.478 e. The van der Waals surface area contributed by atoms with E-state index in [0.717, 1.165) is 5.56 Å². The Hall–Kier alpha value is -0.990. The summed E-state index contributed by atoms with van der Waals surface area (Å²) in [4.78, 5) is 10.8. The molecule has 0 aromatic heterocycles.